The summed E-state index contributed by atoms with van der Waals surface area (Å²) in [4.78, 5) is 19.5. The number of aliphatic carboxylic acids is 1. The summed E-state index contributed by atoms with van der Waals surface area (Å²) in [6.07, 6.45) is 0.0787. The predicted octanol–water partition coefficient (Wildman–Crippen LogP) is -0.598. The van der Waals surface area contributed by atoms with Crippen LogP contribution in [0.15, 0.2) is 0 Å². The first-order valence-corrected chi connectivity index (χ1v) is 1.94. The molecule has 8 heavy (non-hydrogen) atoms. The molecule has 0 amide bonds. The van der Waals surface area contributed by atoms with Gasteiger partial charge in [-0.2, -0.15) is 0 Å². The van der Waals surface area contributed by atoms with Crippen LogP contribution in [-0.4, -0.2) is 46.4 Å². The quantitative estimate of drug-likeness (QED) is 0.397. The molecule has 0 spiro atoms. The Morgan fingerprint density at radius 1 is 1.50 bits per heavy atom. The summed E-state index contributed by atoms with van der Waals surface area (Å²) in [5.74, 6) is -2.08. The van der Waals surface area contributed by atoms with E-state index in [0.29, 0.717) is 0 Å². The molecule has 3 nitrogen and oxygen atoms in total. The summed E-state index contributed by atoms with van der Waals surface area (Å²) in [5.41, 5.74) is 0. The monoisotopic (exact) mass is 126 g/mol. The first-order valence-electron chi connectivity index (χ1n) is 1.94. The van der Waals surface area contributed by atoms with Gasteiger partial charge in [-0.25, -0.2) is 4.79 Å². The van der Waals surface area contributed by atoms with Crippen LogP contribution in [0, 0.1) is 0 Å². The SMILES string of the molecule is CCC(=O)C(=O)O.[NaH]. The van der Waals surface area contributed by atoms with Crippen LogP contribution in [0.3, 0.4) is 0 Å². The molecule has 0 saturated heterocycles. The standard InChI is InChI=1S/C4H6O3.Na.H/c1-2-3(5)4(6)7;;/h2H2,1H3,(H,6,7);;. The van der Waals surface area contributed by atoms with Gasteiger partial charge in [0.15, 0.2) is 0 Å². The van der Waals surface area contributed by atoms with Crippen molar-refractivity contribution in [2.75, 3.05) is 0 Å². The number of hydrogen-bond acceptors (Lipinski definition) is 2. The van der Waals surface area contributed by atoms with Crippen LogP contribution in [0.1, 0.15) is 13.3 Å². The second kappa shape index (κ2) is 5.28. The first-order chi connectivity index (χ1) is 3.18. The number of rotatable bonds is 2. The number of carbonyl (C=O) groups is 2. The Kier molecular flexibility index (Phi) is 7.26. The van der Waals surface area contributed by atoms with Gasteiger partial charge in [0.25, 0.3) is 0 Å². The van der Waals surface area contributed by atoms with Crippen molar-refractivity contribution >= 4 is 41.3 Å². The molecule has 1 N–H and O–H groups in total. The third-order valence-electron chi connectivity index (χ3n) is 0.560. The molecule has 0 saturated carbocycles. The van der Waals surface area contributed by atoms with Gasteiger partial charge in [0.1, 0.15) is 0 Å². The Balaban J connectivity index is 0. The minimum atomic E-state index is -1.34. The van der Waals surface area contributed by atoms with Gasteiger partial charge in [0.05, 0.1) is 0 Å². The van der Waals surface area contributed by atoms with E-state index in [1.54, 1.807) is 0 Å². The van der Waals surface area contributed by atoms with Gasteiger partial charge >= 0.3 is 35.5 Å². The van der Waals surface area contributed by atoms with Crippen LogP contribution < -0.4 is 0 Å². The van der Waals surface area contributed by atoms with Crippen LogP contribution in [-0.2, 0) is 9.59 Å². The molecular weight excluding hydrogens is 119 g/mol. The van der Waals surface area contributed by atoms with Gasteiger partial charge in [-0.1, -0.05) is 6.92 Å². The van der Waals surface area contributed by atoms with Crippen molar-refractivity contribution in [1.29, 1.82) is 0 Å². The van der Waals surface area contributed by atoms with Crippen molar-refractivity contribution in [3.63, 3.8) is 0 Å². The van der Waals surface area contributed by atoms with E-state index in [0.717, 1.165) is 0 Å². The molecule has 0 aromatic heterocycles. The number of carbonyl (C=O) groups excluding carboxylic acids is 1. The maximum absolute atomic E-state index is 9.91. The zero-order valence-electron chi connectivity index (χ0n) is 3.97. The second-order valence-electron chi connectivity index (χ2n) is 1.08. The van der Waals surface area contributed by atoms with Gasteiger partial charge in [0, 0.05) is 6.42 Å². The molecule has 42 valence electrons. The number of hydrogen-bond donors (Lipinski definition) is 1. The average molecular weight is 126 g/mol. The Morgan fingerprint density at radius 3 is 1.88 bits per heavy atom. The molecule has 0 atom stereocenters. The Bertz CT molecular complexity index is 99.5. The van der Waals surface area contributed by atoms with E-state index in [9.17, 15) is 9.59 Å². The summed E-state index contributed by atoms with van der Waals surface area (Å²) >= 11 is 0. The molecule has 0 unspecified atom stereocenters. The van der Waals surface area contributed by atoms with E-state index in [1.807, 2.05) is 0 Å². The Morgan fingerprint density at radius 2 is 1.88 bits per heavy atom. The molecule has 0 fully saturated rings. The van der Waals surface area contributed by atoms with Crippen molar-refractivity contribution in [1.82, 2.24) is 0 Å². The van der Waals surface area contributed by atoms with E-state index in [2.05, 4.69) is 0 Å². The van der Waals surface area contributed by atoms with Gasteiger partial charge in [-0.15, -0.1) is 0 Å². The summed E-state index contributed by atoms with van der Waals surface area (Å²) in [7, 11) is 0. The van der Waals surface area contributed by atoms with Crippen LogP contribution in [0.4, 0.5) is 0 Å². The van der Waals surface area contributed by atoms with Crippen LogP contribution in [0.25, 0.3) is 0 Å². The molecule has 0 aliphatic heterocycles. The average Bonchev–Trinajstić information content (AvgIpc) is 1.65. The van der Waals surface area contributed by atoms with Crippen molar-refractivity contribution in [2.24, 2.45) is 0 Å². The summed E-state index contributed by atoms with van der Waals surface area (Å²) in [6, 6.07) is 0. The summed E-state index contributed by atoms with van der Waals surface area (Å²) < 4.78 is 0. The van der Waals surface area contributed by atoms with E-state index < -0.39 is 11.8 Å². The summed E-state index contributed by atoms with van der Waals surface area (Å²) in [6.45, 7) is 1.51. The number of carboxylic acids is 1. The number of ketones is 1. The molecule has 0 aliphatic carbocycles. The second-order valence-corrected chi connectivity index (χ2v) is 1.08. The molecule has 0 bridgehead atoms. The maximum atomic E-state index is 9.91. The van der Waals surface area contributed by atoms with Crippen molar-refractivity contribution in [3.05, 3.63) is 0 Å². The molecule has 0 aromatic rings. The molecule has 0 rings (SSSR count). The predicted molar refractivity (Wildman–Crippen MR) is 30.1 cm³/mol. The summed E-state index contributed by atoms with van der Waals surface area (Å²) in [5, 5.41) is 7.83. The van der Waals surface area contributed by atoms with Crippen molar-refractivity contribution in [2.45, 2.75) is 13.3 Å². The number of Topliss-reactive ketones (excluding diaryl/α,β-unsaturated/α-hetero) is 1. The van der Waals surface area contributed by atoms with E-state index in [4.69, 9.17) is 5.11 Å². The van der Waals surface area contributed by atoms with Crippen LogP contribution in [0.2, 0.25) is 0 Å². The third kappa shape index (κ3) is 4.30. The fourth-order valence-electron chi connectivity index (χ4n) is 0.151. The first kappa shape index (κ1) is 11.0. The van der Waals surface area contributed by atoms with Gasteiger partial charge in [0.2, 0.25) is 5.78 Å². The Labute approximate surface area is 69.4 Å². The van der Waals surface area contributed by atoms with Gasteiger partial charge in [-0.3, -0.25) is 4.79 Å². The van der Waals surface area contributed by atoms with Crippen molar-refractivity contribution < 1.29 is 14.7 Å². The van der Waals surface area contributed by atoms with Gasteiger partial charge < -0.3 is 5.11 Å². The van der Waals surface area contributed by atoms with E-state index in [1.165, 1.54) is 6.92 Å². The Hall–Kier alpha value is 0.140. The molecule has 4 heteroatoms. The fourth-order valence-corrected chi connectivity index (χ4v) is 0.151. The molecule has 0 aliphatic rings. The minimum absolute atomic E-state index is 0. The zero-order valence-corrected chi connectivity index (χ0v) is 3.97. The normalized spacial score (nSPS) is 7.12. The topological polar surface area (TPSA) is 54.4 Å². The van der Waals surface area contributed by atoms with Crippen molar-refractivity contribution in [3.8, 4) is 0 Å². The van der Waals surface area contributed by atoms with Gasteiger partial charge in [-0.05, 0) is 0 Å². The fraction of sp³-hybridized carbons (Fsp3) is 0.500. The third-order valence-corrected chi connectivity index (χ3v) is 0.560. The zero-order chi connectivity index (χ0) is 5.86. The molecule has 0 aromatic carbocycles. The molecular formula is C4H7NaO3. The van der Waals surface area contributed by atoms with Crippen LogP contribution >= 0.6 is 0 Å². The van der Waals surface area contributed by atoms with Crippen LogP contribution in [0.5, 0.6) is 0 Å². The van der Waals surface area contributed by atoms with E-state index >= 15 is 0 Å². The molecule has 0 radical (unpaired) electrons. The number of carboxylic acid groups (broad SMARTS) is 1. The van der Waals surface area contributed by atoms with E-state index in [-0.39, 0.29) is 36.0 Å². The molecule has 0 heterocycles.